The molecule has 3 rings (SSSR count). The zero-order valence-corrected chi connectivity index (χ0v) is 10.9. The first-order valence-electron chi connectivity index (χ1n) is 6.99. The number of allylic oxidation sites excluding steroid dienone is 1. The smallest absolute Gasteiger partial charge is 0.277 e. The van der Waals surface area contributed by atoms with Gasteiger partial charge in [0.05, 0.1) is 0 Å². The van der Waals surface area contributed by atoms with Gasteiger partial charge in [0.25, 0.3) is 0 Å². The fourth-order valence-electron chi connectivity index (χ4n) is 2.89. The molecule has 1 saturated carbocycles. The molecular weight excluding hydrogens is 244 g/mol. The van der Waals surface area contributed by atoms with Gasteiger partial charge in [0.1, 0.15) is 5.41 Å². The van der Waals surface area contributed by atoms with Crippen LogP contribution in [0.4, 0.5) is 4.79 Å². The Labute approximate surface area is 112 Å². The van der Waals surface area contributed by atoms with Crippen molar-refractivity contribution >= 4 is 17.8 Å². The van der Waals surface area contributed by atoms with Crippen molar-refractivity contribution in [2.24, 2.45) is 5.41 Å². The van der Waals surface area contributed by atoms with E-state index in [4.69, 9.17) is 0 Å². The van der Waals surface area contributed by atoms with Crippen molar-refractivity contribution < 1.29 is 14.4 Å². The van der Waals surface area contributed by atoms with Gasteiger partial charge >= 0.3 is 6.03 Å². The summed E-state index contributed by atoms with van der Waals surface area (Å²) in [6.45, 7) is 0.394. The maximum Gasteiger partial charge on any atom is 0.330 e. The molecule has 19 heavy (non-hydrogen) atoms. The molecule has 0 aromatic carbocycles. The lowest BCUT2D eigenvalue weighted by Crippen LogP contribution is -2.59. The van der Waals surface area contributed by atoms with Crippen molar-refractivity contribution in [1.82, 2.24) is 10.2 Å². The van der Waals surface area contributed by atoms with Gasteiger partial charge in [0.2, 0.25) is 11.8 Å². The minimum Gasteiger partial charge on any atom is -0.277 e. The third kappa shape index (κ3) is 2.07. The summed E-state index contributed by atoms with van der Waals surface area (Å²) in [4.78, 5) is 36.9. The van der Waals surface area contributed by atoms with Crippen LogP contribution in [0.3, 0.4) is 0 Å². The van der Waals surface area contributed by atoms with Crippen molar-refractivity contribution in [3.05, 3.63) is 11.6 Å². The first-order valence-corrected chi connectivity index (χ1v) is 6.99. The van der Waals surface area contributed by atoms with E-state index in [-0.39, 0.29) is 5.91 Å². The zero-order chi connectivity index (χ0) is 13.5. The van der Waals surface area contributed by atoms with Crippen LogP contribution in [-0.2, 0) is 9.59 Å². The van der Waals surface area contributed by atoms with Gasteiger partial charge in [-0.15, -0.1) is 0 Å². The summed E-state index contributed by atoms with van der Waals surface area (Å²) >= 11 is 0. The third-order valence-electron chi connectivity index (χ3n) is 4.35. The van der Waals surface area contributed by atoms with Crippen molar-refractivity contribution in [3.63, 3.8) is 0 Å². The van der Waals surface area contributed by atoms with Gasteiger partial charge in [0, 0.05) is 6.54 Å². The molecule has 1 saturated heterocycles. The molecular formula is C14H18N2O3. The van der Waals surface area contributed by atoms with Crippen LogP contribution in [0.25, 0.3) is 0 Å². The fraction of sp³-hybridized carbons (Fsp3) is 0.643. The molecule has 1 heterocycles. The standard InChI is InChI=1S/C14H18N2O3/c17-11-14(7-8-14)12(18)16(13(19)15-11)9-6-10-4-2-1-3-5-10/h4H,1-3,5-9H2,(H,15,17,19). The number of urea groups is 1. The summed E-state index contributed by atoms with van der Waals surface area (Å²) in [5.74, 6) is -0.701. The lowest BCUT2D eigenvalue weighted by atomic mass is 9.96. The quantitative estimate of drug-likeness (QED) is 0.622. The summed E-state index contributed by atoms with van der Waals surface area (Å²) in [6, 6.07) is -0.552. The Morgan fingerprint density at radius 2 is 2.00 bits per heavy atom. The molecule has 0 bridgehead atoms. The molecule has 2 fully saturated rings. The summed E-state index contributed by atoms with van der Waals surface area (Å²) < 4.78 is 0. The molecule has 0 radical (unpaired) electrons. The van der Waals surface area contributed by atoms with E-state index >= 15 is 0 Å². The molecule has 1 N–H and O–H groups in total. The summed E-state index contributed by atoms with van der Waals surface area (Å²) in [6.07, 6.45) is 8.68. The lowest BCUT2D eigenvalue weighted by Gasteiger charge is -2.30. The van der Waals surface area contributed by atoms with Gasteiger partial charge in [-0.2, -0.15) is 0 Å². The Hall–Kier alpha value is -1.65. The third-order valence-corrected chi connectivity index (χ3v) is 4.35. The van der Waals surface area contributed by atoms with Crippen LogP contribution in [0, 0.1) is 5.41 Å². The molecule has 0 unspecified atom stereocenters. The van der Waals surface area contributed by atoms with Gasteiger partial charge in [-0.25, -0.2) is 4.79 Å². The number of hydrogen-bond donors (Lipinski definition) is 1. The second-order valence-electron chi connectivity index (χ2n) is 5.66. The van der Waals surface area contributed by atoms with Crippen molar-refractivity contribution in [3.8, 4) is 0 Å². The maximum atomic E-state index is 12.2. The van der Waals surface area contributed by atoms with Crippen molar-refractivity contribution in [2.45, 2.75) is 44.9 Å². The first-order chi connectivity index (χ1) is 9.13. The number of barbiturate groups is 1. The Balaban J connectivity index is 1.66. The van der Waals surface area contributed by atoms with Crippen molar-refractivity contribution in [2.75, 3.05) is 6.54 Å². The monoisotopic (exact) mass is 262 g/mol. The largest absolute Gasteiger partial charge is 0.330 e. The van der Waals surface area contributed by atoms with Crippen LogP contribution in [0.1, 0.15) is 44.9 Å². The molecule has 1 aliphatic heterocycles. The van der Waals surface area contributed by atoms with Crippen LogP contribution in [0.15, 0.2) is 11.6 Å². The van der Waals surface area contributed by atoms with Crippen LogP contribution in [0.2, 0.25) is 0 Å². The minimum atomic E-state index is -0.908. The molecule has 0 atom stereocenters. The predicted octanol–water partition coefficient (Wildman–Crippen LogP) is 1.74. The van der Waals surface area contributed by atoms with Crippen LogP contribution < -0.4 is 5.32 Å². The normalized spacial score (nSPS) is 25.4. The minimum absolute atomic E-state index is 0.294. The molecule has 2 aliphatic carbocycles. The Morgan fingerprint density at radius 3 is 2.63 bits per heavy atom. The molecule has 0 aromatic rings. The topological polar surface area (TPSA) is 66.5 Å². The van der Waals surface area contributed by atoms with E-state index in [0.29, 0.717) is 19.4 Å². The van der Waals surface area contributed by atoms with E-state index < -0.39 is 17.4 Å². The highest BCUT2D eigenvalue weighted by molar-refractivity contribution is 6.20. The van der Waals surface area contributed by atoms with Crippen LogP contribution in [-0.4, -0.2) is 29.3 Å². The summed E-state index contributed by atoms with van der Waals surface area (Å²) in [5, 5.41) is 2.31. The van der Waals surface area contributed by atoms with E-state index in [1.807, 2.05) is 0 Å². The highest BCUT2D eigenvalue weighted by Gasteiger charge is 2.61. The number of carbonyl (C=O) groups is 3. The number of nitrogens with one attached hydrogen (secondary N) is 1. The Morgan fingerprint density at radius 1 is 1.21 bits per heavy atom. The van der Waals surface area contributed by atoms with Gasteiger partial charge in [-0.3, -0.25) is 19.8 Å². The number of nitrogens with zero attached hydrogens (tertiary/aromatic N) is 1. The second kappa shape index (κ2) is 4.47. The van der Waals surface area contributed by atoms with Crippen LogP contribution in [0.5, 0.6) is 0 Å². The highest BCUT2D eigenvalue weighted by atomic mass is 16.2. The number of amides is 4. The van der Waals surface area contributed by atoms with E-state index in [9.17, 15) is 14.4 Å². The molecule has 0 aromatic heterocycles. The van der Waals surface area contributed by atoms with E-state index in [2.05, 4.69) is 11.4 Å². The number of carbonyl (C=O) groups excluding carboxylic acids is 3. The SMILES string of the molecule is O=C1NC(=O)C2(CC2)C(=O)N1CCC1=CCCCC1. The predicted molar refractivity (Wildman–Crippen MR) is 68.1 cm³/mol. The second-order valence-corrected chi connectivity index (χ2v) is 5.66. The van der Waals surface area contributed by atoms with E-state index in [1.54, 1.807) is 0 Å². The maximum absolute atomic E-state index is 12.2. The average Bonchev–Trinajstić information content (AvgIpc) is 3.20. The van der Waals surface area contributed by atoms with Gasteiger partial charge < -0.3 is 0 Å². The molecule has 5 nitrogen and oxygen atoms in total. The average molecular weight is 262 g/mol. The fourth-order valence-corrected chi connectivity index (χ4v) is 2.89. The Kier molecular flexibility index (Phi) is 2.92. The number of hydrogen-bond acceptors (Lipinski definition) is 3. The molecule has 5 heteroatoms. The van der Waals surface area contributed by atoms with Gasteiger partial charge in [0.15, 0.2) is 0 Å². The van der Waals surface area contributed by atoms with Crippen LogP contribution >= 0.6 is 0 Å². The number of rotatable bonds is 3. The van der Waals surface area contributed by atoms with E-state index in [0.717, 1.165) is 19.3 Å². The van der Waals surface area contributed by atoms with Crippen molar-refractivity contribution in [1.29, 1.82) is 0 Å². The lowest BCUT2D eigenvalue weighted by molar-refractivity contribution is -0.144. The summed E-state index contributed by atoms with van der Waals surface area (Å²) in [5.41, 5.74) is 0.420. The molecule has 3 aliphatic rings. The van der Waals surface area contributed by atoms with Gasteiger partial charge in [-0.05, 0) is 44.9 Å². The first kappa shape index (κ1) is 12.4. The zero-order valence-electron chi connectivity index (χ0n) is 10.9. The molecule has 102 valence electrons. The number of imide groups is 2. The van der Waals surface area contributed by atoms with Gasteiger partial charge in [-0.1, -0.05) is 11.6 Å². The molecule has 1 spiro atoms. The molecule has 4 amide bonds. The highest BCUT2D eigenvalue weighted by Crippen LogP contribution is 2.49. The summed E-state index contributed by atoms with van der Waals surface area (Å²) in [7, 11) is 0. The Bertz CT molecular complexity index is 477. The van der Waals surface area contributed by atoms with E-state index in [1.165, 1.54) is 23.3 Å².